The van der Waals surface area contributed by atoms with Crippen LogP contribution in [0, 0.1) is 31.9 Å². The normalized spacial score (nSPS) is 11.4. The Hall–Kier alpha value is -2.76. The Kier molecular flexibility index (Phi) is 6.31. The fourth-order valence-electron chi connectivity index (χ4n) is 2.20. The van der Waals surface area contributed by atoms with Gasteiger partial charge in [0.15, 0.2) is 0 Å². The minimum atomic E-state index is -2.84. The molecule has 2 rings (SSSR count). The third kappa shape index (κ3) is 5.61. The summed E-state index contributed by atoms with van der Waals surface area (Å²) in [5, 5.41) is 22.0. The lowest BCUT2D eigenvalue weighted by Gasteiger charge is -2.23. The second-order valence-corrected chi connectivity index (χ2v) is 9.41. The molecule has 144 valence electrons. The summed E-state index contributed by atoms with van der Waals surface area (Å²) in [5.74, 6) is -1.47. The first kappa shape index (κ1) is 20.5. The van der Waals surface area contributed by atoms with Crippen LogP contribution >= 0.6 is 0 Å². The number of hydrogen-bond donors (Lipinski definition) is 0. The summed E-state index contributed by atoms with van der Waals surface area (Å²) in [5.41, 5.74) is -0.459. The predicted molar refractivity (Wildman–Crippen MR) is 93.2 cm³/mol. The Morgan fingerprint density at radius 1 is 0.852 bits per heavy atom. The smallest absolute Gasteiger partial charge is 0.332 e. The first-order valence-corrected chi connectivity index (χ1v) is 10.5. The molecule has 0 spiro atoms. The van der Waals surface area contributed by atoms with Gasteiger partial charge in [-0.15, -0.1) is 0 Å². The van der Waals surface area contributed by atoms with Crippen molar-refractivity contribution in [1.82, 2.24) is 0 Å². The topological polar surface area (TPSA) is 105 Å². The summed E-state index contributed by atoms with van der Waals surface area (Å²) < 4.78 is 37.6. The number of nitrogens with zero attached hydrogens (tertiary/aromatic N) is 2. The number of benzene rings is 2. The third-order valence-corrected chi connectivity index (χ3v) is 5.32. The molecule has 11 heteroatoms. The first-order valence-electron chi connectivity index (χ1n) is 7.72. The van der Waals surface area contributed by atoms with Crippen molar-refractivity contribution in [3.8, 4) is 0 Å². The molecule has 0 unspecified atom stereocenters. The number of hydrogen-bond acceptors (Lipinski definition) is 6. The maximum absolute atomic E-state index is 13.2. The fourth-order valence-corrected chi connectivity index (χ4v) is 3.29. The zero-order valence-corrected chi connectivity index (χ0v) is 15.5. The maximum Gasteiger partial charge on any atom is 0.332 e. The number of halogens is 2. The first-order chi connectivity index (χ1) is 12.6. The molecule has 0 aliphatic rings. The van der Waals surface area contributed by atoms with Gasteiger partial charge in [-0.2, -0.15) is 0 Å². The van der Waals surface area contributed by atoms with E-state index in [1.807, 2.05) is 0 Å². The average Bonchev–Trinajstić information content (AvgIpc) is 2.59. The lowest BCUT2D eigenvalue weighted by Crippen LogP contribution is -2.34. The van der Waals surface area contributed by atoms with Crippen molar-refractivity contribution in [1.29, 1.82) is 0 Å². The molecule has 0 amide bonds. The van der Waals surface area contributed by atoms with Gasteiger partial charge in [0.2, 0.25) is 0 Å². The molecule has 8 nitrogen and oxygen atoms in total. The molecule has 0 aliphatic heterocycles. The molecule has 0 heterocycles. The van der Waals surface area contributed by atoms with E-state index in [0.29, 0.717) is 0 Å². The highest BCUT2D eigenvalue weighted by Gasteiger charge is 2.28. The van der Waals surface area contributed by atoms with E-state index < -0.39 is 41.4 Å². The molecule has 0 bridgehead atoms. The van der Waals surface area contributed by atoms with Crippen molar-refractivity contribution in [2.24, 2.45) is 0 Å². The van der Waals surface area contributed by atoms with Gasteiger partial charge in [-0.1, -0.05) is 0 Å². The largest absolute Gasteiger partial charge is 0.390 e. The Morgan fingerprint density at radius 2 is 1.22 bits per heavy atom. The van der Waals surface area contributed by atoms with Crippen LogP contribution in [0.1, 0.15) is 11.1 Å². The van der Waals surface area contributed by atoms with Gasteiger partial charge in [-0.05, 0) is 37.4 Å². The van der Waals surface area contributed by atoms with Crippen LogP contribution in [0.5, 0.6) is 0 Å². The van der Waals surface area contributed by atoms with E-state index in [2.05, 4.69) is 0 Å². The number of rotatable bonds is 8. The van der Waals surface area contributed by atoms with Gasteiger partial charge < -0.3 is 8.85 Å². The molecule has 0 N–H and O–H groups in total. The highest BCUT2D eigenvalue weighted by molar-refractivity contribution is 6.64. The van der Waals surface area contributed by atoms with E-state index in [4.69, 9.17) is 8.85 Å². The van der Waals surface area contributed by atoms with Gasteiger partial charge in [0.25, 0.3) is 11.4 Å². The fraction of sp³-hybridized carbons (Fsp3) is 0.250. The van der Waals surface area contributed by atoms with Gasteiger partial charge in [0.05, 0.1) is 46.3 Å². The highest BCUT2D eigenvalue weighted by atomic mass is 28.4. The van der Waals surface area contributed by atoms with Crippen molar-refractivity contribution < 1.29 is 27.5 Å². The summed E-state index contributed by atoms with van der Waals surface area (Å²) in [4.78, 5) is 20.6. The van der Waals surface area contributed by atoms with E-state index in [9.17, 15) is 29.0 Å². The zero-order valence-electron chi connectivity index (χ0n) is 14.5. The second-order valence-electron chi connectivity index (χ2n) is 6.04. The Labute approximate surface area is 153 Å². The monoisotopic (exact) mass is 398 g/mol. The average molecular weight is 398 g/mol. The van der Waals surface area contributed by atoms with Crippen molar-refractivity contribution in [3.63, 3.8) is 0 Å². The van der Waals surface area contributed by atoms with Gasteiger partial charge in [0, 0.05) is 0 Å². The van der Waals surface area contributed by atoms with Crippen LogP contribution in [0.4, 0.5) is 20.2 Å². The van der Waals surface area contributed by atoms with Crippen molar-refractivity contribution in [2.45, 2.75) is 26.3 Å². The number of nitro groups is 2. The molecule has 0 atom stereocenters. The molecular weight excluding hydrogens is 382 g/mol. The Bertz CT molecular complexity index is 808. The van der Waals surface area contributed by atoms with Gasteiger partial charge in [0.1, 0.15) is 11.6 Å². The van der Waals surface area contributed by atoms with Gasteiger partial charge in [-0.3, -0.25) is 20.2 Å². The summed E-state index contributed by atoms with van der Waals surface area (Å²) in [6, 6.07) is 6.28. The van der Waals surface area contributed by atoms with Gasteiger partial charge in [-0.25, -0.2) is 8.78 Å². The number of nitro benzene ring substituents is 2. The van der Waals surface area contributed by atoms with Crippen molar-refractivity contribution >= 4 is 19.9 Å². The van der Waals surface area contributed by atoms with Crippen molar-refractivity contribution in [2.75, 3.05) is 0 Å². The van der Waals surface area contributed by atoms with Crippen LogP contribution in [-0.2, 0) is 22.1 Å². The minimum absolute atomic E-state index is 0.179. The Morgan fingerprint density at radius 3 is 1.56 bits per heavy atom. The maximum atomic E-state index is 13.2. The van der Waals surface area contributed by atoms with Crippen molar-refractivity contribution in [3.05, 3.63) is 79.4 Å². The summed E-state index contributed by atoms with van der Waals surface area (Å²) in [7, 11) is -2.84. The van der Waals surface area contributed by atoms with E-state index in [0.717, 1.165) is 24.3 Å². The minimum Gasteiger partial charge on any atom is -0.390 e. The zero-order chi connectivity index (χ0) is 20.2. The van der Waals surface area contributed by atoms with E-state index in [-0.39, 0.29) is 24.3 Å². The highest BCUT2D eigenvalue weighted by Crippen LogP contribution is 2.25. The molecular formula is C16H16F2N2O6Si. The Balaban J connectivity index is 2.06. The molecule has 2 aromatic carbocycles. The van der Waals surface area contributed by atoms with E-state index in [1.54, 1.807) is 13.1 Å². The van der Waals surface area contributed by atoms with Crippen LogP contribution in [0.25, 0.3) is 0 Å². The SMILES string of the molecule is C[Si](C)(OCc1ccc(F)cc1[N+](=O)[O-])OCc1ccc(F)cc1[N+](=O)[O-]. The molecule has 27 heavy (non-hydrogen) atoms. The van der Waals surface area contributed by atoms with E-state index in [1.165, 1.54) is 12.1 Å². The van der Waals surface area contributed by atoms with Crippen LogP contribution in [0.15, 0.2) is 36.4 Å². The third-order valence-electron chi connectivity index (χ3n) is 3.64. The van der Waals surface area contributed by atoms with Crippen LogP contribution in [0.2, 0.25) is 13.1 Å². The predicted octanol–water partition coefficient (Wildman–Crippen LogP) is 4.22. The summed E-state index contributed by atoms with van der Waals surface area (Å²) in [6.07, 6.45) is 0. The molecule has 0 saturated carbocycles. The molecule has 0 fully saturated rings. The lowest BCUT2D eigenvalue weighted by molar-refractivity contribution is -0.386. The molecule has 0 radical (unpaired) electrons. The van der Waals surface area contributed by atoms with Gasteiger partial charge >= 0.3 is 8.56 Å². The standard InChI is InChI=1S/C16H16F2N2O6Si/c1-27(2,25-9-11-3-5-13(17)7-15(11)19(21)22)26-10-12-4-6-14(18)8-16(12)20(23)24/h3-8H,9-10H2,1-2H3. The summed E-state index contributed by atoms with van der Waals surface area (Å²) in [6.45, 7) is 2.94. The molecule has 0 saturated heterocycles. The van der Waals surface area contributed by atoms with E-state index >= 15 is 0 Å². The molecule has 2 aromatic rings. The summed E-state index contributed by atoms with van der Waals surface area (Å²) >= 11 is 0. The lowest BCUT2D eigenvalue weighted by atomic mass is 10.2. The second kappa shape index (κ2) is 8.29. The van der Waals surface area contributed by atoms with Crippen LogP contribution in [0.3, 0.4) is 0 Å². The quantitative estimate of drug-likeness (QED) is 0.375. The molecule has 0 aromatic heterocycles. The van der Waals surface area contributed by atoms with Crippen LogP contribution < -0.4 is 0 Å². The molecule has 0 aliphatic carbocycles. The van der Waals surface area contributed by atoms with Crippen LogP contribution in [-0.4, -0.2) is 18.4 Å².